The lowest BCUT2D eigenvalue weighted by Crippen LogP contribution is -2.23. The molecule has 1 aliphatic rings. The predicted molar refractivity (Wildman–Crippen MR) is 79.8 cm³/mol. The molecule has 1 aliphatic heterocycles. The molecule has 0 saturated carbocycles. The van der Waals surface area contributed by atoms with Gasteiger partial charge in [0.15, 0.2) is 0 Å². The van der Waals surface area contributed by atoms with Gasteiger partial charge in [0, 0.05) is 32.0 Å². The molecule has 1 amide bonds. The number of aryl methyl sites for hydroxylation is 1. The lowest BCUT2D eigenvalue weighted by molar-refractivity contribution is -0.119. The molecule has 1 aromatic rings. The normalized spacial score (nSPS) is 17.9. The number of carbonyl (C=O) groups is 1. The Morgan fingerprint density at radius 3 is 2.75 bits per heavy atom. The van der Waals surface area contributed by atoms with Crippen LogP contribution in [0.1, 0.15) is 38.9 Å². The third-order valence-corrected chi connectivity index (χ3v) is 3.13. The molecular weight excluding hydrogens is 254 g/mol. The Hall–Kier alpha value is -1.85. The fourth-order valence-electron chi connectivity index (χ4n) is 2.17. The van der Waals surface area contributed by atoms with E-state index in [0.717, 1.165) is 43.3 Å². The summed E-state index contributed by atoms with van der Waals surface area (Å²) in [6, 6.07) is 2.03. The third kappa shape index (κ3) is 4.08. The van der Waals surface area contributed by atoms with E-state index in [-0.39, 0.29) is 11.9 Å². The smallest absolute Gasteiger partial charge is 0.222 e. The standard InChI is InChI=1S/C14H23N5O/c1-3-5-11-18-12(15-6-4-2)8-13(19-11)17-10-7-14(20)16-9-10/h8,10H,3-7,9H2,1-2H3,(H,16,20)(H2,15,17,18,19). The van der Waals surface area contributed by atoms with Crippen LogP contribution in [0.3, 0.4) is 0 Å². The molecule has 1 atom stereocenters. The zero-order valence-corrected chi connectivity index (χ0v) is 12.2. The molecule has 6 heteroatoms. The number of rotatable bonds is 7. The van der Waals surface area contributed by atoms with Crippen LogP contribution in [-0.2, 0) is 11.2 Å². The van der Waals surface area contributed by atoms with Gasteiger partial charge in [0.25, 0.3) is 0 Å². The zero-order valence-electron chi connectivity index (χ0n) is 12.2. The van der Waals surface area contributed by atoms with E-state index >= 15 is 0 Å². The van der Waals surface area contributed by atoms with Crippen LogP contribution in [0, 0.1) is 0 Å². The Morgan fingerprint density at radius 1 is 1.30 bits per heavy atom. The molecule has 0 spiro atoms. The van der Waals surface area contributed by atoms with Gasteiger partial charge in [0.05, 0.1) is 6.04 Å². The third-order valence-electron chi connectivity index (χ3n) is 3.13. The van der Waals surface area contributed by atoms with Gasteiger partial charge in [-0.05, 0) is 12.8 Å². The predicted octanol–water partition coefficient (Wildman–Crippen LogP) is 1.55. The lowest BCUT2D eigenvalue weighted by Gasteiger charge is -2.14. The molecule has 2 rings (SSSR count). The van der Waals surface area contributed by atoms with Crippen LogP contribution < -0.4 is 16.0 Å². The molecule has 20 heavy (non-hydrogen) atoms. The van der Waals surface area contributed by atoms with Gasteiger partial charge in [0.2, 0.25) is 5.91 Å². The van der Waals surface area contributed by atoms with Crippen LogP contribution in [0.4, 0.5) is 11.6 Å². The molecular formula is C14H23N5O. The molecule has 1 saturated heterocycles. The Kier molecular flexibility index (Phi) is 5.15. The van der Waals surface area contributed by atoms with Gasteiger partial charge >= 0.3 is 0 Å². The maximum Gasteiger partial charge on any atom is 0.222 e. The van der Waals surface area contributed by atoms with Crippen molar-refractivity contribution < 1.29 is 4.79 Å². The molecule has 1 fully saturated rings. The molecule has 1 aromatic heterocycles. The first-order valence-electron chi connectivity index (χ1n) is 7.36. The fraction of sp³-hybridized carbons (Fsp3) is 0.643. The maximum absolute atomic E-state index is 11.2. The highest BCUT2D eigenvalue weighted by molar-refractivity contribution is 5.79. The van der Waals surface area contributed by atoms with Gasteiger partial charge in [-0.1, -0.05) is 13.8 Å². The molecule has 110 valence electrons. The van der Waals surface area contributed by atoms with Crippen LogP contribution >= 0.6 is 0 Å². The van der Waals surface area contributed by atoms with Crippen LogP contribution in [0.15, 0.2) is 6.07 Å². The summed E-state index contributed by atoms with van der Waals surface area (Å²) in [5.41, 5.74) is 0. The molecule has 3 N–H and O–H groups in total. The Bertz CT molecular complexity index is 463. The fourth-order valence-corrected chi connectivity index (χ4v) is 2.17. The van der Waals surface area contributed by atoms with Crippen molar-refractivity contribution in [3.8, 4) is 0 Å². The quantitative estimate of drug-likeness (QED) is 0.705. The zero-order chi connectivity index (χ0) is 14.4. The molecule has 6 nitrogen and oxygen atoms in total. The summed E-state index contributed by atoms with van der Waals surface area (Å²) < 4.78 is 0. The van der Waals surface area contributed by atoms with E-state index in [0.29, 0.717) is 13.0 Å². The highest BCUT2D eigenvalue weighted by atomic mass is 16.1. The second-order valence-electron chi connectivity index (χ2n) is 5.08. The Morgan fingerprint density at radius 2 is 2.10 bits per heavy atom. The van der Waals surface area contributed by atoms with Gasteiger partial charge in [-0.15, -0.1) is 0 Å². The summed E-state index contributed by atoms with van der Waals surface area (Å²) >= 11 is 0. The number of amides is 1. The second-order valence-corrected chi connectivity index (χ2v) is 5.08. The largest absolute Gasteiger partial charge is 0.370 e. The minimum Gasteiger partial charge on any atom is -0.370 e. The SMILES string of the molecule is CCCNc1cc(NC2CNC(=O)C2)nc(CCC)n1. The van der Waals surface area contributed by atoms with Crippen molar-refractivity contribution in [3.63, 3.8) is 0 Å². The average molecular weight is 277 g/mol. The van der Waals surface area contributed by atoms with E-state index < -0.39 is 0 Å². The minimum atomic E-state index is 0.0923. The van der Waals surface area contributed by atoms with Gasteiger partial charge in [-0.3, -0.25) is 4.79 Å². The minimum absolute atomic E-state index is 0.0923. The highest BCUT2D eigenvalue weighted by Crippen LogP contribution is 2.15. The molecule has 0 bridgehead atoms. The van der Waals surface area contributed by atoms with Gasteiger partial charge in [0.1, 0.15) is 17.5 Å². The molecule has 0 aliphatic carbocycles. The monoisotopic (exact) mass is 277 g/mol. The van der Waals surface area contributed by atoms with Crippen LogP contribution in [0.5, 0.6) is 0 Å². The number of nitrogens with zero attached hydrogens (tertiary/aromatic N) is 2. The van der Waals surface area contributed by atoms with Crippen molar-refractivity contribution in [1.82, 2.24) is 15.3 Å². The van der Waals surface area contributed by atoms with E-state index in [1.54, 1.807) is 0 Å². The number of hydrogen-bond acceptors (Lipinski definition) is 5. The summed E-state index contributed by atoms with van der Waals surface area (Å²) in [6.45, 7) is 5.79. The molecule has 2 heterocycles. The van der Waals surface area contributed by atoms with Crippen molar-refractivity contribution in [2.24, 2.45) is 0 Å². The van der Waals surface area contributed by atoms with Crippen LogP contribution in [-0.4, -0.2) is 35.0 Å². The summed E-state index contributed by atoms with van der Waals surface area (Å²) in [5, 5.41) is 9.42. The van der Waals surface area contributed by atoms with Crippen molar-refractivity contribution in [2.45, 2.75) is 45.6 Å². The van der Waals surface area contributed by atoms with Gasteiger partial charge < -0.3 is 16.0 Å². The van der Waals surface area contributed by atoms with E-state index in [2.05, 4.69) is 39.8 Å². The van der Waals surface area contributed by atoms with Gasteiger partial charge in [-0.25, -0.2) is 9.97 Å². The summed E-state index contributed by atoms with van der Waals surface area (Å²) in [6.07, 6.45) is 3.43. The van der Waals surface area contributed by atoms with Crippen LogP contribution in [0.25, 0.3) is 0 Å². The molecule has 0 radical (unpaired) electrons. The second kappa shape index (κ2) is 7.07. The maximum atomic E-state index is 11.2. The Labute approximate surface area is 119 Å². The van der Waals surface area contributed by atoms with Crippen LogP contribution in [0.2, 0.25) is 0 Å². The first-order valence-corrected chi connectivity index (χ1v) is 7.36. The number of carbonyl (C=O) groups excluding carboxylic acids is 1. The number of hydrogen-bond donors (Lipinski definition) is 3. The molecule has 1 unspecified atom stereocenters. The van der Waals surface area contributed by atoms with Gasteiger partial charge in [-0.2, -0.15) is 0 Å². The highest BCUT2D eigenvalue weighted by Gasteiger charge is 2.21. The topological polar surface area (TPSA) is 78.9 Å². The first-order chi connectivity index (χ1) is 9.71. The van der Waals surface area contributed by atoms with E-state index in [9.17, 15) is 4.79 Å². The van der Waals surface area contributed by atoms with E-state index in [1.165, 1.54) is 0 Å². The number of anilines is 2. The van der Waals surface area contributed by atoms with E-state index in [4.69, 9.17) is 0 Å². The summed E-state index contributed by atoms with van der Waals surface area (Å²) in [4.78, 5) is 20.2. The van der Waals surface area contributed by atoms with Crippen molar-refractivity contribution in [3.05, 3.63) is 11.9 Å². The van der Waals surface area contributed by atoms with E-state index in [1.807, 2.05) is 6.07 Å². The van der Waals surface area contributed by atoms with Crippen molar-refractivity contribution >= 4 is 17.5 Å². The average Bonchev–Trinajstić information content (AvgIpc) is 2.82. The Balaban J connectivity index is 2.08. The number of nitrogens with one attached hydrogen (secondary N) is 3. The van der Waals surface area contributed by atoms with Crippen molar-refractivity contribution in [2.75, 3.05) is 23.7 Å². The van der Waals surface area contributed by atoms with Crippen molar-refractivity contribution in [1.29, 1.82) is 0 Å². The lowest BCUT2D eigenvalue weighted by atomic mass is 10.2. The summed E-state index contributed by atoms with van der Waals surface area (Å²) in [5.74, 6) is 2.58. The first kappa shape index (κ1) is 14.6. The number of aromatic nitrogens is 2. The summed E-state index contributed by atoms with van der Waals surface area (Å²) in [7, 11) is 0. The molecule has 0 aromatic carbocycles.